The highest BCUT2D eigenvalue weighted by atomic mass is 32.2. The van der Waals surface area contributed by atoms with Crippen molar-refractivity contribution in [3.05, 3.63) is 58.7 Å². The van der Waals surface area contributed by atoms with Gasteiger partial charge in [-0.3, -0.25) is 9.10 Å². The van der Waals surface area contributed by atoms with E-state index in [-0.39, 0.29) is 18.5 Å². The second kappa shape index (κ2) is 9.31. The zero-order valence-corrected chi connectivity index (χ0v) is 18.8. The smallest absolute Gasteiger partial charge is 0.241 e. The first-order valence-corrected chi connectivity index (χ1v) is 11.5. The van der Waals surface area contributed by atoms with E-state index in [0.29, 0.717) is 18.0 Å². The van der Waals surface area contributed by atoms with Crippen molar-refractivity contribution in [2.75, 3.05) is 23.7 Å². The number of aryl methyl sites for hydroxylation is 3. The van der Waals surface area contributed by atoms with Crippen LogP contribution in [0.4, 0.5) is 5.69 Å². The number of nitrogens with one attached hydrogen (secondary N) is 1. The predicted molar refractivity (Wildman–Crippen MR) is 117 cm³/mol. The van der Waals surface area contributed by atoms with Gasteiger partial charge in [0, 0.05) is 0 Å². The van der Waals surface area contributed by atoms with Gasteiger partial charge in [0.25, 0.3) is 0 Å². The molecule has 0 aromatic heterocycles. The fourth-order valence-corrected chi connectivity index (χ4v) is 4.13. The molecule has 0 spiro atoms. The Kier molecular flexibility index (Phi) is 7.30. The van der Waals surface area contributed by atoms with Gasteiger partial charge in [-0.05, 0) is 69.0 Å². The summed E-state index contributed by atoms with van der Waals surface area (Å²) in [5.74, 6) is 0.0399. The number of benzene rings is 2. The normalized spacial score (nSPS) is 12.3. The molecule has 158 valence electrons. The molecular weight excluding hydrogens is 388 g/mol. The van der Waals surface area contributed by atoms with Crippen LogP contribution >= 0.6 is 0 Å². The van der Waals surface area contributed by atoms with Crippen LogP contribution in [-0.4, -0.2) is 33.7 Å². The number of amides is 1. The standard InChI is InChI=1S/C22H30N2O4S/c1-7-28-21-11-9-8-10-20(21)24(29(6,26)27)14-22(25)23-18(5)19-13-16(3)15(2)12-17(19)4/h8-13,18H,7,14H2,1-6H3,(H,23,25). The molecule has 0 aliphatic heterocycles. The highest BCUT2D eigenvalue weighted by Gasteiger charge is 2.25. The van der Waals surface area contributed by atoms with Gasteiger partial charge in [-0.1, -0.05) is 24.3 Å². The minimum atomic E-state index is -3.68. The Morgan fingerprint density at radius 3 is 2.34 bits per heavy atom. The molecule has 29 heavy (non-hydrogen) atoms. The average Bonchev–Trinajstić information content (AvgIpc) is 2.62. The fraction of sp³-hybridized carbons (Fsp3) is 0.409. The lowest BCUT2D eigenvalue weighted by Gasteiger charge is -2.25. The minimum absolute atomic E-state index is 0.245. The van der Waals surface area contributed by atoms with Gasteiger partial charge in [-0.2, -0.15) is 0 Å². The van der Waals surface area contributed by atoms with E-state index in [9.17, 15) is 13.2 Å². The summed E-state index contributed by atoms with van der Waals surface area (Å²) < 4.78 is 31.4. The van der Waals surface area contributed by atoms with Gasteiger partial charge in [0.1, 0.15) is 12.3 Å². The van der Waals surface area contributed by atoms with E-state index in [1.54, 1.807) is 24.3 Å². The van der Waals surface area contributed by atoms with Crippen LogP contribution in [0.3, 0.4) is 0 Å². The number of para-hydroxylation sites is 2. The third-order valence-corrected chi connectivity index (χ3v) is 5.97. The van der Waals surface area contributed by atoms with Crippen molar-refractivity contribution in [1.29, 1.82) is 0 Å². The van der Waals surface area contributed by atoms with E-state index in [1.807, 2.05) is 27.7 Å². The summed E-state index contributed by atoms with van der Waals surface area (Å²) >= 11 is 0. The van der Waals surface area contributed by atoms with Gasteiger partial charge in [0.15, 0.2) is 0 Å². The first-order valence-electron chi connectivity index (χ1n) is 9.61. The second-order valence-corrected chi connectivity index (χ2v) is 9.16. The van der Waals surface area contributed by atoms with Crippen LogP contribution in [0.1, 0.15) is 42.1 Å². The van der Waals surface area contributed by atoms with Gasteiger partial charge in [-0.25, -0.2) is 8.42 Å². The van der Waals surface area contributed by atoms with Crippen molar-refractivity contribution in [3.63, 3.8) is 0 Å². The maximum Gasteiger partial charge on any atom is 0.241 e. The zero-order valence-electron chi connectivity index (χ0n) is 17.9. The number of carbonyl (C=O) groups is 1. The highest BCUT2D eigenvalue weighted by molar-refractivity contribution is 7.92. The molecule has 0 aliphatic carbocycles. The Bertz CT molecular complexity index is 986. The fourth-order valence-electron chi connectivity index (χ4n) is 3.27. The Morgan fingerprint density at radius 1 is 1.10 bits per heavy atom. The van der Waals surface area contributed by atoms with E-state index in [4.69, 9.17) is 4.74 Å². The van der Waals surface area contributed by atoms with Crippen LogP contribution in [0, 0.1) is 20.8 Å². The summed E-state index contributed by atoms with van der Waals surface area (Å²) in [7, 11) is -3.68. The lowest BCUT2D eigenvalue weighted by Crippen LogP contribution is -2.41. The lowest BCUT2D eigenvalue weighted by atomic mass is 9.96. The van der Waals surface area contributed by atoms with Gasteiger partial charge in [0.05, 0.1) is 24.6 Å². The topological polar surface area (TPSA) is 75.7 Å². The van der Waals surface area contributed by atoms with Crippen molar-refractivity contribution in [1.82, 2.24) is 5.32 Å². The molecule has 0 saturated carbocycles. The van der Waals surface area contributed by atoms with E-state index >= 15 is 0 Å². The van der Waals surface area contributed by atoms with Crippen LogP contribution in [0.2, 0.25) is 0 Å². The number of sulfonamides is 1. The number of carbonyl (C=O) groups excluding carboxylic acids is 1. The number of anilines is 1. The predicted octanol–water partition coefficient (Wildman–Crippen LogP) is 3.65. The molecule has 2 aromatic rings. The molecule has 6 nitrogen and oxygen atoms in total. The Hall–Kier alpha value is -2.54. The molecule has 2 rings (SSSR count). The summed E-state index contributed by atoms with van der Waals surface area (Å²) in [5.41, 5.74) is 4.79. The molecule has 0 saturated heterocycles. The molecule has 0 fully saturated rings. The first kappa shape index (κ1) is 22.7. The van der Waals surface area contributed by atoms with Crippen LogP contribution < -0.4 is 14.4 Å². The van der Waals surface area contributed by atoms with Gasteiger partial charge < -0.3 is 10.1 Å². The summed E-state index contributed by atoms with van der Waals surface area (Å²) in [4.78, 5) is 12.7. The zero-order chi connectivity index (χ0) is 21.8. The number of nitrogens with zero attached hydrogens (tertiary/aromatic N) is 1. The molecule has 1 amide bonds. The van der Waals surface area contributed by atoms with Gasteiger partial charge in [-0.15, -0.1) is 0 Å². The van der Waals surface area contributed by atoms with Crippen molar-refractivity contribution in [3.8, 4) is 5.75 Å². The van der Waals surface area contributed by atoms with Crippen molar-refractivity contribution >= 4 is 21.6 Å². The van der Waals surface area contributed by atoms with E-state index in [1.165, 1.54) is 5.56 Å². The molecule has 0 radical (unpaired) electrons. The van der Waals surface area contributed by atoms with E-state index in [0.717, 1.165) is 27.3 Å². The maximum atomic E-state index is 12.7. The maximum absolute atomic E-state index is 12.7. The monoisotopic (exact) mass is 418 g/mol. The van der Waals surface area contributed by atoms with Crippen LogP contribution in [0.15, 0.2) is 36.4 Å². The molecule has 0 aliphatic rings. The van der Waals surface area contributed by atoms with Gasteiger partial charge in [0.2, 0.25) is 15.9 Å². The molecule has 2 aromatic carbocycles. The number of rotatable bonds is 8. The Balaban J connectivity index is 2.25. The third-order valence-electron chi connectivity index (χ3n) is 4.85. The summed E-state index contributed by atoms with van der Waals surface area (Å²) in [6, 6.07) is 10.7. The third kappa shape index (κ3) is 5.73. The molecule has 1 unspecified atom stereocenters. The number of hydrogen-bond acceptors (Lipinski definition) is 4. The first-order chi connectivity index (χ1) is 13.5. The molecule has 7 heteroatoms. The molecule has 1 N–H and O–H groups in total. The van der Waals surface area contributed by atoms with Crippen molar-refractivity contribution in [2.24, 2.45) is 0 Å². The Morgan fingerprint density at radius 2 is 1.72 bits per heavy atom. The quantitative estimate of drug-likeness (QED) is 0.710. The lowest BCUT2D eigenvalue weighted by molar-refractivity contribution is -0.120. The number of ether oxygens (including phenoxy) is 1. The van der Waals surface area contributed by atoms with Gasteiger partial charge >= 0.3 is 0 Å². The second-order valence-electron chi connectivity index (χ2n) is 7.25. The van der Waals surface area contributed by atoms with Crippen molar-refractivity contribution < 1.29 is 17.9 Å². The minimum Gasteiger partial charge on any atom is -0.492 e. The van der Waals surface area contributed by atoms with Crippen LogP contribution in [0.25, 0.3) is 0 Å². The summed E-state index contributed by atoms with van der Waals surface area (Å²) in [5, 5.41) is 2.92. The summed E-state index contributed by atoms with van der Waals surface area (Å²) in [6.45, 7) is 9.88. The van der Waals surface area contributed by atoms with E-state index < -0.39 is 10.0 Å². The SMILES string of the molecule is CCOc1ccccc1N(CC(=O)NC(C)c1cc(C)c(C)cc1C)S(C)(=O)=O. The molecule has 0 bridgehead atoms. The molecule has 1 atom stereocenters. The van der Waals surface area contributed by atoms with Crippen LogP contribution in [0.5, 0.6) is 5.75 Å². The van der Waals surface area contributed by atoms with Crippen LogP contribution in [-0.2, 0) is 14.8 Å². The number of hydrogen-bond donors (Lipinski definition) is 1. The molecular formula is C22H30N2O4S. The van der Waals surface area contributed by atoms with Crippen molar-refractivity contribution in [2.45, 2.75) is 40.7 Å². The average molecular weight is 419 g/mol. The summed E-state index contributed by atoms with van der Waals surface area (Å²) in [6.07, 6.45) is 1.08. The molecule has 0 heterocycles. The highest BCUT2D eigenvalue weighted by Crippen LogP contribution is 2.30. The Labute approximate surface area is 173 Å². The van der Waals surface area contributed by atoms with E-state index in [2.05, 4.69) is 24.4 Å². The largest absolute Gasteiger partial charge is 0.492 e.